The molecular weight excluding hydrogens is 330 g/mol. The van der Waals surface area contributed by atoms with Gasteiger partial charge in [0.1, 0.15) is 5.82 Å². The lowest BCUT2D eigenvalue weighted by molar-refractivity contribution is -0.130. The minimum Gasteiger partial charge on any atom is -0.340 e. The number of nitrogens with one attached hydrogen (secondary N) is 1. The first-order valence-electron chi connectivity index (χ1n) is 9.28. The summed E-state index contributed by atoms with van der Waals surface area (Å²) in [5, 5.41) is 2.89. The van der Waals surface area contributed by atoms with Crippen molar-refractivity contribution < 1.29 is 9.59 Å². The highest BCUT2D eigenvalue weighted by atomic mass is 16.2. The summed E-state index contributed by atoms with van der Waals surface area (Å²) in [4.78, 5) is 32.1. The number of fused-ring (bicyclic) bond motifs is 1. The Kier molecular flexibility index (Phi) is 5.56. The molecule has 1 aliphatic heterocycles. The van der Waals surface area contributed by atoms with Crippen LogP contribution >= 0.6 is 0 Å². The fourth-order valence-corrected chi connectivity index (χ4v) is 3.40. The molecule has 1 aromatic carbocycles. The molecule has 0 bridgehead atoms. The number of anilines is 1. The van der Waals surface area contributed by atoms with E-state index < -0.39 is 0 Å². The van der Waals surface area contributed by atoms with Gasteiger partial charge in [0.25, 0.3) is 0 Å². The number of imidazole rings is 1. The van der Waals surface area contributed by atoms with Crippen molar-refractivity contribution >= 4 is 28.5 Å². The fraction of sp³-hybridized carbons (Fsp3) is 0.526. The molecule has 26 heavy (non-hydrogen) atoms. The van der Waals surface area contributed by atoms with Crippen LogP contribution in [0.3, 0.4) is 0 Å². The zero-order chi connectivity index (χ0) is 18.7. The van der Waals surface area contributed by atoms with Gasteiger partial charge in [-0.1, -0.05) is 6.92 Å². The average Bonchev–Trinajstić information content (AvgIpc) is 2.98. The van der Waals surface area contributed by atoms with Crippen LogP contribution in [0.2, 0.25) is 0 Å². The third-order valence-electron chi connectivity index (χ3n) is 4.93. The monoisotopic (exact) mass is 357 g/mol. The van der Waals surface area contributed by atoms with Crippen molar-refractivity contribution in [2.24, 2.45) is 0 Å². The van der Waals surface area contributed by atoms with Gasteiger partial charge in [0.05, 0.1) is 17.6 Å². The second kappa shape index (κ2) is 7.86. The van der Waals surface area contributed by atoms with E-state index in [4.69, 9.17) is 4.98 Å². The lowest BCUT2D eigenvalue weighted by atomic mass is 10.2. The van der Waals surface area contributed by atoms with Crippen LogP contribution < -0.4 is 5.32 Å². The molecule has 0 aliphatic carbocycles. The summed E-state index contributed by atoms with van der Waals surface area (Å²) in [6, 6.07) is 5.89. The van der Waals surface area contributed by atoms with Crippen LogP contribution in [0.15, 0.2) is 18.2 Å². The summed E-state index contributed by atoms with van der Waals surface area (Å²) in [5.74, 6) is 1.17. The molecule has 0 radical (unpaired) electrons. The molecule has 7 heteroatoms. The van der Waals surface area contributed by atoms with Gasteiger partial charge in [0.2, 0.25) is 11.8 Å². The van der Waals surface area contributed by atoms with Gasteiger partial charge in [0, 0.05) is 51.8 Å². The maximum Gasteiger partial charge on any atom is 0.224 e. The number of amides is 2. The standard InChI is InChI=1S/C19H27N5O2/c1-4-19(26)20-15-6-7-17-16(12-15)21-18(24(17)5-2)13-22-8-10-23(11-9-22)14(3)25/h6-7,12H,4-5,8-11,13H2,1-3H3,(H,20,26). The quantitative estimate of drug-likeness (QED) is 0.889. The molecule has 3 rings (SSSR count). The van der Waals surface area contributed by atoms with E-state index in [1.807, 2.05) is 30.0 Å². The largest absolute Gasteiger partial charge is 0.340 e. The zero-order valence-corrected chi connectivity index (χ0v) is 15.8. The van der Waals surface area contributed by atoms with E-state index in [-0.39, 0.29) is 11.8 Å². The van der Waals surface area contributed by atoms with E-state index in [0.717, 1.165) is 61.8 Å². The van der Waals surface area contributed by atoms with Crippen LogP contribution in [-0.4, -0.2) is 57.3 Å². The van der Waals surface area contributed by atoms with Gasteiger partial charge in [-0.25, -0.2) is 4.98 Å². The summed E-state index contributed by atoms with van der Waals surface area (Å²) in [6.45, 7) is 10.5. The molecule has 2 heterocycles. The van der Waals surface area contributed by atoms with Gasteiger partial charge in [-0.05, 0) is 25.1 Å². The Hall–Kier alpha value is -2.41. The van der Waals surface area contributed by atoms with Crippen molar-refractivity contribution in [1.29, 1.82) is 0 Å². The predicted octanol–water partition coefficient (Wildman–Crippen LogP) is 2.07. The second-order valence-corrected chi connectivity index (χ2v) is 6.66. The van der Waals surface area contributed by atoms with Crippen molar-refractivity contribution in [2.75, 3.05) is 31.5 Å². The number of nitrogens with zero attached hydrogens (tertiary/aromatic N) is 4. The third-order valence-corrected chi connectivity index (χ3v) is 4.93. The Balaban J connectivity index is 1.77. The highest BCUT2D eigenvalue weighted by Crippen LogP contribution is 2.22. The Labute approximate surface area is 154 Å². The minimum absolute atomic E-state index is 0.00263. The van der Waals surface area contributed by atoms with Gasteiger partial charge in [-0.2, -0.15) is 0 Å². The highest BCUT2D eigenvalue weighted by Gasteiger charge is 2.20. The van der Waals surface area contributed by atoms with Crippen LogP contribution in [0.1, 0.15) is 33.0 Å². The molecule has 0 atom stereocenters. The molecule has 2 amide bonds. The smallest absolute Gasteiger partial charge is 0.224 e. The molecule has 0 spiro atoms. The summed E-state index contributed by atoms with van der Waals surface area (Å²) in [6.07, 6.45) is 0.457. The molecule has 0 unspecified atom stereocenters. The summed E-state index contributed by atoms with van der Waals surface area (Å²) < 4.78 is 2.22. The number of carbonyl (C=O) groups is 2. The van der Waals surface area contributed by atoms with Gasteiger partial charge in [0.15, 0.2) is 0 Å². The van der Waals surface area contributed by atoms with Gasteiger partial charge in [-0.15, -0.1) is 0 Å². The summed E-state index contributed by atoms with van der Waals surface area (Å²) >= 11 is 0. The number of hydrogen-bond acceptors (Lipinski definition) is 4. The van der Waals surface area contributed by atoms with E-state index in [9.17, 15) is 9.59 Å². The first kappa shape index (κ1) is 18.4. The first-order chi connectivity index (χ1) is 12.5. The Morgan fingerprint density at radius 1 is 1.15 bits per heavy atom. The molecule has 1 aliphatic rings. The molecule has 1 N–H and O–H groups in total. The van der Waals surface area contributed by atoms with Gasteiger partial charge >= 0.3 is 0 Å². The topological polar surface area (TPSA) is 70.5 Å². The van der Waals surface area contributed by atoms with Crippen LogP contribution in [0.5, 0.6) is 0 Å². The van der Waals surface area contributed by atoms with Crippen LogP contribution in [0.4, 0.5) is 5.69 Å². The minimum atomic E-state index is 0.00263. The highest BCUT2D eigenvalue weighted by molar-refractivity contribution is 5.93. The number of piperazine rings is 1. The number of aromatic nitrogens is 2. The van der Waals surface area contributed by atoms with E-state index in [0.29, 0.717) is 6.42 Å². The SMILES string of the molecule is CCC(=O)Nc1ccc2c(c1)nc(CN1CCN(C(C)=O)CC1)n2CC. The Morgan fingerprint density at radius 2 is 1.88 bits per heavy atom. The van der Waals surface area contributed by atoms with E-state index in [1.165, 1.54) is 0 Å². The molecule has 0 saturated carbocycles. The molecule has 7 nitrogen and oxygen atoms in total. The van der Waals surface area contributed by atoms with Crippen molar-refractivity contribution in [2.45, 2.75) is 40.3 Å². The van der Waals surface area contributed by atoms with E-state index in [2.05, 4.69) is 21.7 Å². The second-order valence-electron chi connectivity index (χ2n) is 6.66. The van der Waals surface area contributed by atoms with E-state index >= 15 is 0 Å². The Morgan fingerprint density at radius 3 is 2.50 bits per heavy atom. The van der Waals surface area contributed by atoms with Crippen molar-refractivity contribution in [3.63, 3.8) is 0 Å². The van der Waals surface area contributed by atoms with Crippen LogP contribution in [0, 0.1) is 0 Å². The predicted molar refractivity (Wildman–Crippen MR) is 102 cm³/mol. The van der Waals surface area contributed by atoms with Crippen LogP contribution in [0.25, 0.3) is 11.0 Å². The summed E-state index contributed by atoms with van der Waals surface area (Å²) in [5.41, 5.74) is 2.77. The van der Waals surface area contributed by atoms with Crippen molar-refractivity contribution in [3.05, 3.63) is 24.0 Å². The fourth-order valence-electron chi connectivity index (χ4n) is 3.40. The number of aryl methyl sites for hydroxylation is 1. The number of carbonyl (C=O) groups excluding carboxylic acids is 2. The number of rotatable bonds is 5. The first-order valence-corrected chi connectivity index (χ1v) is 9.28. The van der Waals surface area contributed by atoms with Gasteiger partial charge < -0.3 is 14.8 Å². The lowest BCUT2D eigenvalue weighted by Crippen LogP contribution is -2.47. The molecule has 140 valence electrons. The number of hydrogen-bond donors (Lipinski definition) is 1. The molecule has 1 aromatic heterocycles. The maximum atomic E-state index is 11.6. The molecule has 2 aromatic rings. The van der Waals surface area contributed by atoms with Gasteiger partial charge in [-0.3, -0.25) is 14.5 Å². The van der Waals surface area contributed by atoms with E-state index in [1.54, 1.807) is 6.92 Å². The zero-order valence-electron chi connectivity index (χ0n) is 15.8. The molecule has 1 fully saturated rings. The molecule has 1 saturated heterocycles. The van der Waals surface area contributed by atoms with Crippen LogP contribution in [-0.2, 0) is 22.7 Å². The van der Waals surface area contributed by atoms with Crippen molar-refractivity contribution in [1.82, 2.24) is 19.4 Å². The third kappa shape index (κ3) is 3.88. The normalized spacial score (nSPS) is 15.4. The molecular formula is C19H27N5O2. The van der Waals surface area contributed by atoms with Crippen molar-refractivity contribution in [3.8, 4) is 0 Å². The Bertz CT molecular complexity index is 806. The maximum absolute atomic E-state index is 11.6. The lowest BCUT2D eigenvalue weighted by Gasteiger charge is -2.33. The average molecular weight is 357 g/mol. The summed E-state index contributed by atoms with van der Waals surface area (Å²) in [7, 11) is 0. The number of benzene rings is 1.